The van der Waals surface area contributed by atoms with E-state index in [9.17, 15) is 17.6 Å². The van der Waals surface area contributed by atoms with E-state index in [2.05, 4.69) is 0 Å². The number of rotatable bonds is 3. The number of benzene rings is 1. The van der Waals surface area contributed by atoms with Crippen LogP contribution in [-0.4, -0.2) is 36.9 Å². The van der Waals surface area contributed by atoms with Gasteiger partial charge in [-0.05, 0) is 31.0 Å². The Morgan fingerprint density at radius 2 is 2.00 bits per heavy atom. The van der Waals surface area contributed by atoms with Gasteiger partial charge < -0.3 is 5.11 Å². The molecule has 0 radical (unpaired) electrons. The second kappa shape index (κ2) is 4.33. The summed E-state index contributed by atoms with van der Waals surface area (Å²) in [5, 5.41) is 8.84. The molecule has 0 bridgehead atoms. The number of aryl methyl sites for hydroxylation is 1. The fourth-order valence-corrected chi connectivity index (χ4v) is 3.35. The molecule has 18 heavy (non-hydrogen) atoms. The third-order valence-corrected chi connectivity index (χ3v) is 4.79. The van der Waals surface area contributed by atoms with E-state index in [-0.39, 0.29) is 10.5 Å². The standard InChI is InChI=1S/C11H12FNO4S/c1-7-5-8(6-9(10(7)12)11(14)15)18(16,17)13-3-2-4-13/h5-6H,2-4H2,1H3,(H,14,15). The lowest BCUT2D eigenvalue weighted by Gasteiger charge is -2.29. The number of carboxylic acid groups (broad SMARTS) is 1. The van der Waals surface area contributed by atoms with Crippen LogP contribution >= 0.6 is 0 Å². The Kier molecular flexibility index (Phi) is 3.12. The smallest absolute Gasteiger partial charge is 0.338 e. The molecule has 1 N–H and O–H groups in total. The maximum atomic E-state index is 13.5. The van der Waals surface area contributed by atoms with Crippen LogP contribution in [0.1, 0.15) is 22.3 Å². The van der Waals surface area contributed by atoms with Crippen LogP contribution in [0, 0.1) is 12.7 Å². The molecule has 1 aliphatic heterocycles. The maximum absolute atomic E-state index is 13.5. The highest BCUT2D eigenvalue weighted by atomic mass is 32.2. The molecule has 0 aliphatic carbocycles. The molecule has 0 aromatic heterocycles. The van der Waals surface area contributed by atoms with Gasteiger partial charge in [0.2, 0.25) is 10.0 Å². The Hall–Kier alpha value is -1.47. The summed E-state index contributed by atoms with van der Waals surface area (Å²) >= 11 is 0. The molecule has 1 aromatic carbocycles. The molecule has 1 aromatic rings. The predicted octanol–water partition coefficient (Wildman–Crippen LogP) is 1.23. The van der Waals surface area contributed by atoms with E-state index in [1.54, 1.807) is 0 Å². The average Bonchev–Trinajstić information content (AvgIpc) is 2.17. The Bertz CT molecular complexity index is 608. The number of aromatic carboxylic acids is 1. The lowest BCUT2D eigenvalue weighted by atomic mass is 10.1. The van der Waals surface area contributed by atoms with Crippen molar-refractivity contribution in [3.63, 3.8) is 0 Å². The summed E-state index contributed by atoms with van der Waals surface area (Å²) in [6.45, 7) is 2.18. The first-order chi connectivity index (χ1) is 8.34. The van der Waals surface area contributed by atoms with Gasteiger partial charge in [-0.3, -0.25) is 0 Å². The van der Waals surface area contributed by atoms with Crippen molar-refractivity contribution in [3.05, 3.63) is 29.1 Å². The molecule has 7 heteroatoms. The summed E-state index contributed by atoms with van der Waals surface area (Å²) in [6, 6.07) is 2.04. The summed E-state index contributed by atoms with van der Waals surface area (Å²) < 4.78 is 38.9. The van der Waals surface area contributed by atoms with Crippen molar-refractivity contribution >= 4 is 16.0 Å². The number of halogens is 1. The monoisotopic (exact) mass is 273 g/mol. The third-order valence-electron chi connectivity index (χ3n) is 2.91. The lowest BCUT2D eigenvalue weighted by Crippen LogP contribution is -2.42. The van der Waals surface area contributed by atoms with Crippen LogP contribution in [0.25, 0.3) is 0 Å². The van der Waals surface area contributed by atoms with Gasteiger partial charge >= 0.3 is 5.97 Å². The molecule has 0 amide bonds. The zero-order valence-electron chi connectivity index (χ0n) is 9.68. The number of nitrogens with zero attached hydrogens (tertiary/aromatic N) is 1. The minimum absolute atomic E-state index is 0.00833. The van der Waals surface area contributed by atoms with Gasteiger partial charge in [-0.25, -0.2) is 17.6 Å². The van der Waals surface area contributed by atoms with Crippen molar-refractivity contribution in [1.29, 1.82) is 0 Å². The Morgan fingerprint density at radius 3 is 2.44 bits per heavy atom. The van der Waals surface area contributed by atoms with Crippen molar-refractivity contribution < 1.29 is 22.7 Å². The molecule has 2 rings (SSSR count). The van der Waals surface area contributed by atoms with Crippen molar-refractivity contribution in [2.75, 3.05) is 13.1 Å². The quantitative estimate of drug-likeness (QED) is 0.898. The SMILES string of the molecule is Cc1cc(S(=O)(=O)N2CCC2)cc(C(=O)O)c1F. The second-order valence-corrected chi connectivity index (χ2v) is 6.10. The number of hydrogen-bond donors (Lipinski definition) is 1. The lowest BCUT2D eigenvalue weighted by molar-refractivity contribution is 0.0691. The normalized spacial score (nSPS) is 16.3. The zero-order chi connectivity index (χ0) is 13.5. The van der Waals surface area contributed by atoms with Gasteiger partial charge in [0.15, 0.2) is 0 Å². The Balaban J connectivity index is 2.55. The number of hydrogen-bond acceptors (Lipinski definition) is 3. The summed E-state index contributed by atoms with van der Waals surface area (Å²) in [5.41, 5.74) is -0.608. The van der Waals surface area contributed by atoms with E-state index in [1.807, 2.05) is 0 Å². The van der Waals surface area contributed by atoms with E-state index in [0.717, 1.165) is 18.6 Å². The van der Waals surface area contributed by atoms with Gasteiger partial charge in [0.1, 0.15) is 5.82 Å². The van der Waals surface area contributed by atoms with Crippen LogP contribution in [0.2, 0.25) is 0 Å². The highest BCUT2D eigenvalue weighted by molar-refractivity contribution is 7.89. The fraction of sp³-hybridized carbons (Fsp3) is 0.364. The van der Waals surface area contributed by atoms with Gasteiger partial charge in [0.25, 0.3) is 0 Å². The van der Waals surface area contributed by atoms with Crippen molar-refractivity contribution in [2.24, 2.45) is 0 Å². The van der Waals surface area contributed by atoms with E-state index >= 15 is 0 Å². The minimum Gasteiger partial charge on any atom is -0.478 e. The van der Waals surface area contributed by atoms with Gasteiger partial charge in [0, 0.05) is 13.1 Å². The summed E-state index contributed by atoms with van der Waals surface area (Å²) in [7, 11) is -3.69. The van der Waals surface area contributed by atoms with E-state index in [0.29, 0.717) is 13.1 Å². The molecular weight excluding hydrogens is 261 g/mol. The van der Waals surface area contributed by atoms with Crippen molar-refractivity contribution in [3.8, 4) is 0 Å². The number of carbonyl (C=O) groups is 1. The molecule has 0 spiro atoms. The molecular formula is C11H12FNO4S. The molecule has 1 aliphatic rings. The van der Waals surface area contributed by atoms with Crippen LogP contribution in [0.15, 0.2) is 17.0 Å². The molecule has 1 heterocycles. The van der Waals surface area contributed by atoms with Crippen LogP contribution in [0.3, 0.4) is 0 Å². The first-order valence-corrected chi connectivity index (χ1v) is 6.81. The predicted molar refractivity (Wildman–Crippen MR) is 61.5 cm³/mol. The largest absolute Gasteiger partial charge is 0.478 e. The third kappa shape index (κ3) is 1.99. The minimum atomic E-state index is -3.69. The molecule has 1 fully saturated rings. The van der Waals surface area contributed by atoms with E-state index < -0.39 is 27.4 Å². The van der Waals surface area contributed by atoms with Gasteiger partial charge in [-0.1, -0.05) is 0 Å². The molecule has 1 saturated heterocycles. The van der Waals surface area contributed by atoms with E-state index in [4.69, 9.17) is 5.11 Å². The first kappa shape index (κ1) is 13.0. The van der Waals surface area contributed by atoms with Gasteiger partial charge in [-0.2, -0.15) is 4.31 Å². The van der Waals surface area contributed by atoms with Crippen molar-refractivity contribution in [2.45, 2.75) is 18.2 Å². The molecule has 98 valence electrons. The topological polar surface area (TPSA) is 74.7 Å². The van der Waals surface area contributed by atoms with Crippen LogP contribution < -0.4 is 0 Å². The molecule has 0 saturated carbocycles. The Labute approximate surface area is 104 Å². The van der Waals surface area contributed by atoms with Crippen LogP contribution in [-0.2, 0) is 10.0 Å². The maximum Gasteiger partial charge on any atom is 0.338 e. The molecule has 0 unspecified atom stereocenters. The van der Waals surface area contributed by atoms with Gasteiger partial charge in [-0.15, -0.1) is 0 Å². The summed E-state index contributed by atoms with van der Waals surface area (Å²) in [6.07, 6.45) is 0.783. The summed E-state index contributed by atoms with van der Waals surface area (Å²) in [4.78, 5) is 10.7. The molecule has 0 atom stereocenters. The Morgan fingerprint density at radius 1 is 1.39 bits per heavy atom. The highest BCUT2D eigenvalue weighted by Gasteiger charge is 2.31. The zero-order valence-corrected chi connectivity index (χ0v) is 10.5. The molecule has 5 nitrogen and oxygen atoms in total. The highest BCUT2D eigenvalue weighted by Crippen LogP contribution is 2.25. The number of carboxylic acids is 1. The average molecular weight is 273 g/mol. The van der Waals surface area contributed by atoms with Crippen LogP contribution in [0.5, 0.6) is 0 Å². The number of sulfonamides is 1. The summed E-state index contributed by atoms with van der Waals surface area (Å²) in [5.74, 6) is -2.37. The van der Waals surface area contributed by atoms with Gasteiger partial charge in [0.05, 0.1) is 10.5 Å². The first-order valence-electron chi connectivity index (χ1n) is 5.37. The second-order valence-electron chi connectivity index (χ2n) is 4.16. The van der Waals surface area contributed by atoms with E-state index in [1.165, 1.54) is 11.2 Å². The fourth-order valence-electron chi connectivity index (χ4n) is 1.72. The van der Waals surface area contributed by atoms with Crippen molar-refractivity contribution in [1.82, 2.24) is 4.31 Å². The van der Waals surface area contributed by atoms with Crippen LogP contribution in [0.4, 0.5) is 4.39 Å².